The Hall–Kier alpha value is -2.03. The molecule has 0 N–H and O–H groups in total. The molecule has 2 rings (SSSR count). The summed E-state index contributed by atoms with van der Waals surface area (Å²) in [6.45, 7) is 1.55. The summed E-state index contributed by atoms with van der Waals surface area (Å²) in [5.74, 6) is -8.95. The van der Waals surface area contributed by atoms with Crippen molar-refractivity contribution in [2.75, 3.05) is 20.0 Å². The maximum Gasteiger partial charge on any atom is 0.323 e. The summed E-state index contributed by atoms with van der Waals surface area (Å²) < 4.78 is 51.3. The van der Waals surface area contributed by atoms with Crippen LogP contribution in [0, 0.1) is 23.4 Å². The van der Waals surface area contributed by atoms with Crippen LogP contribution in [0.4, 0.5) is 13.2 Å². The largest absolute Gasteiger partial charge is 0.491 e. The number of esters is 1. The molecule has 1 aliphatic rings. The van der Waals surface area contributed by atoms with Crippen molar-refractivity contribution in [2.45, 2.75) is 25.8 Å². The van der Waals surface area contributed by atoms with Crippen molar-refractivity contribution in [1.82, 2.24) is 0 Å². The average Bonchev–Trinajstić information content (AvgIpc) is 3.42. The van der Waals surface area contributed by atoms with Gasteiger partial charge in [0.25, 0.3) is 0 Å². The summed E-state index contributed by atoms with van der Waals surface area (Å²) in [6.07, 6.45) is 3.26. The Morgan fingerprint density at radius 3 is 2.46 bits per heavy atom. The van der Waals surface area contributed by atoms with Crippen LogP contribution < -0.4 is 4.74 Å². The number of ketones is 1. The number of methoxy groups -OCH3 is 1. The molecule has 1 unspecified atom stereocenters. The third-order valence-electron chi connectivity index (χ3n) is 3.68. The number of hydrogen-bond acceptors (Lipinski definition) is 6. The minimum atomic E-state index is -1.55. The highest BCUT2D eigenvalue weighted by atomic mass is 32.2. The van der Waals surface area contributed by atoms with Crippen LogP contribution in [-0.4, -0.2) is 42.8 Å². The molecule has 26 heavy (non-hydrogen) atoms. The Balaban J connectivity index is 2.53. The molecule has 1 fully saturated rings. The molecule has 1 atom stereocenters. The van der Waals surface area contributed by atoms with Crippen molar-refractivity contribution in [3.63, 3.8) is 0 Å². The van der Waals surface area contributed by atoms with E-state index in [9.17, 15) is 22.8 Å². The van der Waals surface area contributed by atoms with Gasteiger partial charge in [-0.05, 0) is 32.1 Å². The Morgan fingerprint density at radius 1 is 1.31 bits per heavy atom. The van der Waals surface area contributed by atoms with E-state index in [1.54, 1.807) is 13.2 Å². The van der Waals surface area contributed by atoms with Gasteiger partial charge in [-0.3, -0.25) is 14.6 Å². The quantitative estimate of drug-likeness (QED) is 0.179. The molecule has 0 spiro atoms. The zero-order valence-corrected chi connectivity index (χ0v) is 15.3. The monoisotopic (exact) mass is 389 g/mol. The van der Waals surface area contributed by atoms with Gasteiger partial charge in [0.05, 0.1) is 30.4 Å². The van der Waals surface area contributed by atoms with Crippen molar-refractivity contribution < 1.29 is 32.2 Å². The maximum absolute atomic E-state index is 14.5. The lowest BCUT2D eigenvalue weighted by Gasteiger charge is -2.17. The van der Waals surface area contributed by atoms with Gasteiger partial charge in [0.1, 0.15) is 0 Å². The highest BCUT2D eigenvalue weighted by Gasteiger charge is 2.38. The van der Waals surface area contributed by atoms with Gasteiger partial charge in [-0.15, -0.1) is 11.8 Å². The summed E-state index contributed by atoms with van der Waals surface area (Å²) in [6, 6.07) is 0.406. The lowest BCUT2D eigenvalue weighted by Crippen LogP contribution is -2.33. The fraction of sp³-hybridized carbons (Fsp3) is 0.471. The Labute approximate surface area is 153 Å². The smallest absolute Gasteiger partial charge is 0.323 e. The number of carbonyl (C=O) groups excluding carboxylic acids is 2. The second-order valence-corrected chi connectivity index (χ2v) is 6.35. The van der Waals surface area contributed by atoms with E-state index in [0.29, 0.717) is 6.07 Å². The number of ether oxygens (including phenoxy) is 2. The number of benzene rings is 1. The summed E-state index contributed by atoms with van der Waals surface area (Å²) in [5, 5.41) is 0.152. The van der Waals surface area contributed by atoms with Gasteiger partial charge in [-0.1, -0.05) is 0 Å². The van der Waals surface area contributed by atoms with Crippen LogP contribution >= 0.6 is 11.8 Å². The molecule has 1 aliphatic carbocycles. The van der Waals surface area contributed by atoms with E-state index in [2.05, 4.69) is 9.73 Å². The van der Waals surface area contributed by atoms with Crippen LogP contribution in [0.25, 0.3) is 0 Å². The van der Waals surface area contributed by atoms with E-state index in [-0.39, 0.29) is 17.7 Å². The molecule has 5 nitrogen and oxygen atoms in total. The molecule has 142 valence electrons. The second kappa shape index (κ2) is 8.57. The van der Waals surface area contributed by atoms with Gasteiger partial charge in [0, 0.05) is 0 Å². The SMILES string of the molecule is CCOC(=O)C(C(=O)c1cc(F)c(F)c(OC)c1F)C(=NC1CC1)SC. The Kier molecular flexibility index (Phi) is 6.69. The van der Waals surface area contributed by atoms with E-state index in [0.717, 1.165) is 31.7 Å². The van der Waals surface area contributed by atoms with E-state index >= 15 is 0 Å². The van der Waals surface area contributed by atoms with Gasteiger partial charge in [-0.25, -0.2) is 8.78 Å². The van der Waals surface area contributed by atoms with Gasteiger partial charge in [-0.2, -0.15) is 4.39 Å². The summed E-state index contributed by atoms with van der Waals surface area (Å²) in [4.78, 5) is 29.5. The first-order valence-corrected chi connectivity index (χ1v) is 9.12. The fourth-order valence-corrected chi connectivity index (χ4v) is 2.96. The summed E-state index contributed by atoms with van der Waals surface area (Å²) >= 11 is 1.05. The van der Waals surface area contributed by atoms with Crippen LogP contribution in [0.3, 0.4) is 0 Å². The Morgan fingerprint density at radius 2 is 1.96 bits per heavy atom. The Bertz CT molecular complexity index is 750. The van der Waals surface area contributed by atoms with E-state index in [4.69, 9.17) is 4.74 Å². The van der Waals surface area contributed by atoms with E-state index < -0.39 is 46.4 Å². The molecule has 0 bridgehead atoms. The normalized spacial score (nSPS) is 15.5. The molecule has 1 aromatic rings. The highest BCUT2D eigenvalue weighted by molar-refractivity contribution is 8.13. The lowest BCUT2D eigenvalue weighted by atomic mass is 9.97. The first kappa shape index (κ1) is 20.3. The molecular formula is C17H18F3NO4S. The number of Topliss-reactive ketones (excluding diaryl/α,β-unsaturated/α-hetero) is 1. The van der Waals surface area contributed by atoms with E-state index in [1.807, 2.05) is 0 Å². The van der Waals surface area contributed by atoms with Crippen LogP contribution in [-0.2, 0) is 9.53 Å². The van der Waals surface area contributed by atoms with Crippen LogP contribution in [0.1, 0.15) is 30.1 Å². The number of hydrogen-bond donors (Lipinski definition) is 0. The van der Waals surface area contributed by atoms with E-state index in [1.165, 1.54) is 0 Å². The number of aliphatic imine (C=N–C) groups is 1. The predicted molar refractivity (Wildman–Crippen MR) is 91.3 cm³/mol. The minimum absolute atomic E-state index is 0.00269. The van der Waals surface area contributed by atoms with Crippen LogP contribution in [0.2, 0.25) is 0 Å². The minimum Gasteiger partial charge on any atom is -0.491 e. The molecule has 0 aliphatic heterocycles. The number of carbonyl (C=O) groups is 2. The molecule has 0 amide bonds. The number of thioether (sulfide) groups is 1. The summed E-state index contributed by atoms with van der Waals surface area (Å²) in [5.41, 5.74) is -0.795. The number of rotatable bonds is 7. The van der Waals surface area contributed by atoms with Crippen molar-refractivity contribution >= 4 is 28.6 Å². The first-order valence-electron chi connectivity index (χ1n) is 7.89. The summed E-state index contributed by atoms with van der Waals surface area (Å²) in [7, 11) is 0.944. The number of halogens is 3. The molecular weight excluding hydrogens is 371 g/mol. The highest BCUT2D eigenvalue weighted by Crippen LogP contribution is 2.31. The van der Waals surface area contributed by atoms with Gasteiger partial charge in [0.2, 0.25) is 5.82 Å². The average molecular weight is 389 g/mol. The fourth-order valence-electron chi connectivity index (χ4n) is 2.27. The van der Waals surface area contributed by atoms with Gasteiger partial charge < -0.3 is 9.47 Å². The molecule has 1 aromatic carbocycles. The molecule has 0 radical (unpaired) electrons. The van der Waals surface area contributed by atoms with Crippen LogP contribution in [0.15, 0.2) is 11.1 Å². The van der Waals surface area contributed by atoms with Crippen molar-refractivity contribution in [1.29, 1.82) is 0 Å². The third-order valence-corrected chi connectivity index (χ3v) is 4.44. The molecule has 0 aromatic heterocycles. The topological polar surface area (TPSA) is 65.0 Å². The lowest BCUT2D eigenvalue weighted by molar-refractivity contribution is -0.144. The van der Waals surface area contributed by atoms with Crippen molar-refractivity contribution in [3.05, 3.63) is 29.1 Å². The third kappa shape index (κ3) is 4.20. The predicted octanol–water partition coefficient (Wildman–Crippen LogP) is 3.40. The zero-order chi connectivity index (χ0) is 19.4. The van der Waals surface area contributed by atoms with Crippen LogP contribution in [0.5, 0.6) is 5.75 Å². The van der Waals surface area contributed by atoms with Crippen molar-refractivity contribution in [3.8, 4) is 5.75 Å². The first-order chi connectivity index (χ1) is 12.3. The molecule has 0 heterocycles. The molecule has 9 heteroatoms. The molecule has 1 saturated carbocycles. The van der Waals surface area contributed by atoms with Gasteiger partial charge >= 0.3 is 5.97 Å². The van der Waals surface area contributed by atoms with Crippen molar-refractivity contribution in [2.24, 2.45) is 10.9 Å². The maximum atomic E-state index is 14.5. The molecule has 0 saturated heterocycles. The van der Waals surface area contributed by atoms with Gasteiger partial charge in [0.15, 0.2) is 29.1 Å². The number of nitrogens with zero attached hydrogens (tertiary/aromatic N) is 1. The second-order valence-electron chi connectivity index (χ2n) is 5.52. The zero-order valence-electron chi connectivity index (χ0n) is 14.5. The standard InChI is InChI=1S/C17H18F3NO4S/c1-4-25-17(23)11(16(26-3)21-8-5-6-8)14(22)9-7-10(18)13(20)15(24-2)12(9)19/h7-8,11H,4-6H2,1-3H3.